The zero-order chi connectivity index (χ0) is 10.7. The Hall–Kier alpha value is 0.660. The summed E-state index contributed by atoms with van der Waals surface area (Å²) in [6.07, 6.45) is 4.28. The van der Waals surface area contributed by atoms with E-state index in [4.69, 9.17) is 0 Å². The van der Waals surface area contributed by atoms with E-state index < -0.39 is 0 Å². The predicted molar refractivity (Wildman–Crippen MR) is 73.0 cm³/mol. The maximum atomic E-state index is 3.74. The number of nitrogens with one attached hydrogen (secondary N) is 1. The lowest BCUT2D eigenvalue weighted by molar-refractivity contribution is 0.447. The van der Waals surface area contributed by atoms with Crippen LogP contribution >= 0.6 is 23.5 Å². The second kappa shape index (κ2) is 5.83. The van der Waals surface area contributed by atoms with Gasteiger partial charge in [-0.25, -0.2) is 0 Å². The van der Waals surface area contributed by atoms with Gasteiger partial charge in [0.05, 0.1) is 0 Å². The third-order valence-electron chi connectivity index (χ3n) is 3.42. The Labute approximate surface area is 103 Å². The van der Waals surface area contributed by atoms with Crippen LogP contribution < -0.4 is 5.32 Å². The zero-order valence-electron chi connectivity index (χ0n) is 9.87. The monoisotopic (exact) mass is 245 g/mol. The second-order valence-electron chi connectivity index (χ2n) is 4.57. The van der Waals surface area contributed by atoms with Gasteiger partial charge in [0.1, 0.15) is 0 Å². The van der Waals surface area contributed by atoms with Crippen molar-refractivity contribution in [3.63, 3.8) is 0 Å². The maximum Gasteiger partial charge on any atom is 0.0322 e. The SMILES string of the molecule is CCNC(C1CC1)C1SCCSC1CC. The Kier molecular flexibility index (Phi) is 4.71. The minimum atomic E-state index is 0.803. The molecule has 1 N–H and O–H groups in total. The molecule has 0 radical (unpaired) electrons. The van der Waals surface area contributed by atoms with Gasteiger partial charge in [0, 0.05) is 28.0 Å². The summed E-state index contributed by atoms with van der Waals surface area (Å²) in [7, 11) is 0. The fourth-order valence-electron chi connectivity index (χ4n) is 2.51. The molecule has 1 aliphatic carbocycles. The third kappa shape index (κ3) is 3.07. The molecule has 88 valence electrons. The molecule has 1 nitrogen and oxygen atoms in total. The second-order valence-corrected chi connectivity index (χ2v) is 7.21. The molecule has 1 saturated carbocycles. The van der Waals surface area contributed by atoms with Gasteiger partial charge < -0.3 is 5.32 Å². The van der Waals surface area contributed by atoms with Crippen molar-refractivity contribution in [1.82, 2.24) is 5.32 Å². The first kappa shape index (κ1) is 12.1. The lowest BCUT2D eigenvalue weighted by Crippen LogP contribution is -2.46. The van der Waals surface area contributed by atoms with Crippen molar-refractivity contribution < 1.29 is 0 Å². The minimum Gasteiger partial charge on any atom is -0.313 e. The van der Waals surface area contributed by atoms with Gasteiger partial charge in [0.25, 0.3) is 0 Å². The van der Waals surface area contributed by atoms with Crippen LogP contribution in [-0.2, 0) is 0 Å². The number of rotatable bonds is 5. The van der Waals surface area contributed by atoms with E-state index in [0.717, 1.165) is 29.0 Å². The molecule has 3 unspecified atom stereocenters. The molecule has 1 heterocycles. The van der Waals surface area contributed by atoms with Crippen molar-refractivity contribution >= 4 is 23.5 Å². The first-order valence-corrected chi connectivity index (χ1v) is 8.43. The topological polar surface area (TPSA) is 12.0 Å². The summed E-state index contributed by atoms with van der Waals surface area (Å²) in [5, 5.41) is 5.52. The lowest BCUT2D eigenvalue weighted by atomic mass is 10.0. The van der Waals surface area contributed by atoms with Crippen LogP contribution in [0.15, 0.2) is 0 Å². The van der Waals surface area contributed by atoms with E-state index in [1.165, 1.54) is 30.8 Å². The van der Waals surface area contributed by atoms with Crippen molar-refractivity contribution in [3.8, 4) is 0 Å². The molecule has 0 bridgehead atoms. The highest BCUT2D eigenvalue weighted by Gasteiger charge is 2.40. The van der Waals surface area contributed by atoms with Gasteiger partial charge in [-0.2, -0.15) is 23.5 Å². The van der Waals surface area contributed by atoms with E-state index in [-0.39, 0.29) is 0 Å². The van der Waals surface area contributed by atoms with E-state index in [1.807, 2.05) is 0 Å². The molecule has 2 rings (SSSR count). The molecule has 0 aromatic carbocycles. The average Bonchev–Trinajstić information content (AvgIpc) is 3.10. The molecule has 3 atom stereocenters. The summed E-state index contributed by atoms with van der Waals surface area (Å²) in [4.78, 5) is 0. The highest BCUT2D eigenvalue weighted by Crippen LogP contribution is 2.43. The maximum absolute atomic E-state index is 3.74. The van der Waals surface area contributed by atoms with E-state index in [9.17, 15) is 0 Å². The van der Waals surface area contributed by atoms with Crippen molar-refractivity contribution in [2.75, 3.05) is 18.1 Å². The Morgan fingerprint density at radius 3 is 2.53 bits per heavy atom. The smallest absolute Gasteiger partial charge is 0.0322 e. The van der Waals surface area contributed by atoms with Crippen LogP contribution in [0.2, 0.25) is 0 Å². The van der Waals surface area contributed by atoms with Crippen LogP contribution in [0.3, 0.4) is 0 Å². The van der Waals surface area contributed by atoms with Gasteiger partial charge in [-0.1, -0.05) is 13.8 Å². The number of hydrogen-bond acceptors (Lipinski definition) is 3. The Morgan fingerprint density at radius 2 is 1.93 bits per heavy atom. The summed E-state index contributed by atoms with van der Waals surface area (Å²) in [6.45, 7) is 5.74. The molecule has 3 heteroatoms. The van der Waals surface area contributed by atoms with Crippen molar-refractivity contribution in [1.29, 1.82) is 0 Å². The van der Waals surface area contributed by atoms with Crippen molar-refractivity contribution in [2.45, 2.75) is 49.7 Å². The van der Waals surface area contributed by atoms with Gasteiger partial charge in [0.2, 0.25) is 0 Å². The summed E-state index contributed by atoms with van der Waals surface area (Å²) in [5.74, 6) is 3.72. The molecule has 15 heavy (non-hydrogen) atoms. The molecule has 0 amide bonds. The molecular formula is C12H23NS2. The molecule has 2 fully saturated rings. The van der Waals surface area contributed by atoms with E-state index in [0.29, 0.717) is 0 Å². The van der Waals surface area contributed by atoms with Crippen LogP contribution in [0.5, 0.6) is 0 Å². The van der Waals surface area contributed by atoms with Gasteiger partial charge in [-0.3, -0.25) is 0 Å². The lowest BCUT2D eigenvalue weighted by Gasteiger charge is -2.36. The van der Waals surface area contributed by atoms with Crippen LogP contribution in [0.25, 0.3) is 0 Å². The van der Waals surface area contributed by atoms with E-state index in [2.05, 4.69) is 42.7 Å². The van der Waals surface area contributed by atoms with Gasteiger partial charge >= 0.3 is 0 Å². The highest BCUT2D eigenvalue weighted by molar-refractivity contribution is 8.07. The van der Waals surface area contributed by atoms with Crippen LogP contribution in [0.1, 0.15) is 33.1 Å². The molecule has 1 aliphatic heterocycles. The number of thioether (sulfide) groups is 2. The molecular weight excluding hydrogens is 222 g/mol. The normalized spacial score (nSPS) is 34.0. The first-order valence-electron chi connectivity index (χ1n) is 6.33. The first-order chi connectivity index (χ1) is 7.36. The molecule has 0 aromatic rings. The van der Waals surface area contributed by atoms with Crippen LogP contribution in [0, 0.1) is 5.92 Å². The number of hydrogen-bond donors (Lipinski definition) is 1. The summed E-state index contributed by atoms with van der Waals surface area (Å²) < 4.78 is 0. The Bertz CT molecular complexity index is 194. The molecule has 0 aromatic heterocycles. The Morgan fingerprint density at radius 1 is 1.20 bits per heavy atom. The van der Waals surface area contributed by atoms with E-state index >= 15 is 0 Å². The predicted octanol–water partition coefficient (Wildman–Crippen LogP) is 3.00. The average molecular weight is 245 g/mol. The molecule has 2 aliphatic rings. The highest BCUT2D eigenvalue weighted by atomic mass is 32.2. The largest absolute Gasteiger partial charge is 0.313 e. The van der Waals surface area contributed by atoms with Gasteiger partial charge in [-0.15, -0.1) is 0 Å². The van der Waals surface area contributed by atoms with Gasteiger partial charge in [-0.05, 0) is 31.7 Å². The molecule has 0 spiro atoms. The Balaban J connectivity index is 1.96. The van der Waals surface area contributed by atoms with Crippen LogP contribution in [-0.4, -0.2) is 34.6 Å². The fraction of sp³-hybridized carbons (Fsp3) is 1.00. The van der Waals surface area contributed by atoms with Gasteiger partial charge in [0.15, 0.2) is 0 Å². The minimum absolute atomic E-state index is 0.803. The summed E-state index contributed by atoms with van der Waals surface area (Å²) in [5.41, 5.74) is 0. The standard InChI is InChI=1S/C12H23NS2/c1-3-10-12(15-8-7-14-10)11(13-4-2)9-5-6-9/h9-13H,3-8H2,1-2H3. The van der Waals surface area contributed by atoms with Crippen molar-refractivity contribution in [3.05, 3.63) is 0 Å². The fourth-order valence-corrected chi connectivity index (χ4v) is 5.86. The molecule has 1 saturated heterocycles. The summed E-state index contributed by atoms with van der Waals surface area (Å²) in [6, 6.07) is 0.803. The zero-order valence-corrected chi connectivity index (χ0v) is 11.5. The van der Waals surface area contributed by atoms with Crippen molar-refractivity contribution in [2.24, 2.45) is 5.92 Å². The van der Waals surface area contributed by atoms with E-state index in [1.54, 1.807) is 0 Å². The van der Waals surface area contributed by atoms with Crippen LogP contribution in [0.4, 0.5) is 0 Å². The summed E-state index contributed by atoms with van der Waals surface area (Å²) >= 11 is 4.44. The quantitative estimate of drug-likeness (QED) is 0.800. The third-order valence-corrected chi connectivity index (χ3v) is 6.79.